The lowest BCUT2D eigenvalue weighted by atomic mass is 10.1. The van der Waals surface area contributed by atoms with E-state index < -0.39 is 42.5 Å². The molecule has 2 amide bonds. The van der Waals surface area contributed by atoms with E-state index in [9.17, 15) is 36.6 Å². The molecule has 1 aromatic rings. The molecule has 1 fully saturated rings. The van der Waals surface area contributed by atoms with E-state index in [1.165, 1.54) is 18.2 Å². The maximum Gasteiger partial charge on any atom is 0.392 e. The summed E-state index contributed by atoms with van der Waals surface area (Å²) in [6.07, 6.45) is -10.4. The molecule has 1 aliphatic carbocycles. The number of alkyl halides is 5. The van der Waals surface area contributed by atoms with Gasteiger partial charge in [0.1, 0.15) is 6.10 Å². The molecule has 1 saturated carbocycles. The first kappa shape index (κ1) is 20.1. The Labute approximate surface area is 145 Å². The van der Waals surface area contributed by atoms with Gasteiger partial charge in [0.2, 0.25) is 5.91 Å². The molecule has 0 radical (unpaired) electrons. The molecule has 0 saturated heterocycles. The topological polar surface area (TPSA) is 78.4 Å². The number of halogens is 5. The summed E-state index contributed by atoms with van der Waals surface area (Å²) in [7, 11) is 0. The highest BCUT2D eigenvalue weighted by molar-refractivity contribution is 5.95. The van der Waals surface area contributed by atoms with Gasteiger partial charge in [0.15, 0.2) is 0 Å². The van der Waals surface area contributed by atoms with E-state index in [2.05, 4.69) is 10.6 Å². The fraction of sp³-hybridized carbons (Fsp3) is 0.500. The van der Waals surface area contributed by atoms with Crippen molar-refractivity contribution in [2.45, 2.75) is 43.5 Å². The molecule has 0 heterocycles. The molecular weight excluding hydrogens is 363 g/mol. The quantitative estimate of drug-likeness (QED) is 0.636. The molecule has 10 heteroatoms. The van der Waals surface area contributed by atoms with Crippen LogP contribution in [-0.2, 0) is 4.79 Å². The first-order valence-electron chi connectivity index (χ1n) is 7.74. The lowest BCUT2D eigenvalue weighted by molar-refractivity contribution is -0.163. The van der Waals surface area contributed by atoms with Crippen LogP contribution in [0.5, 0.6) is 0 Å². The highest BCUT2D eigenvalue weighted by atomic mass is 19.4. The van der Waals surface area contributed by atoms with Crippen molar-refractivity contribution in [2.75, 3.05) is 6.54 Å². The van der Waals surface area contributed by atoms with Gasteiger partial charge in [-0.2, -0.15) is 13.2 Å². The van der Waals surface area contributed by atoms with Gasteiger partial charge in [-0.3, -0.25) is 9.59 Å². The number of benzene rings is 1. The van der Waals surface area contributed by atoms with Gasteiger partial charge in [-0.15, -0.1) is 0 Å². The second-order valence-electron chi connectivity index (χ2n) is 6.21. The van der Waals surface area contributed by atoms with Gasteiger partial charge in [-0.05, 0) is 25.0 Å². The van der Waals surface area contributed by atoms with Gasteiger partial charge in [-0.1, -0.05) is 12.1 Å². The third kappa shape index (κ3) is 5.65. The molecule has 1 aliphatic rings. The number of carbonyl (C=O) groups is 2. The van der Waals surface area contributed by atoms with Crippen molar-refractivity contribution in [3.63, 3.8) is 0 Å². The highest BCUT2D eigenvalue weighted by Gasteiger charge is 2.45. The van der Waals surface area contributed by atoms with Crippen LogP contribution in [0.2, 0.25) is 0 Å². The van der Waals surface area contributed by atoms with Crippen LogP contribution >= 0.6 is 0 Å². The van der Waals surface area contributed by atoms with E-state index in [-0.39, 0.29) is 17.7 Å². The van der Waals surface area contributed by atoms with Crippen LogP contribution in [0.25, 0.3) is 0 Å². The average molecular weight is 380 g/mol. The third-order valence-electron chi connectivity index (χ3n) is 3.96. The normalized spacial score (nSPS) is 16.9. The highest BCUT2D eigenvalue weighted by Crippen LogP contribution is 2.35. The predicted octanol–water partition coefficient (Wildman–Crippen LogP) is 2.32. The van der Waals surface area contributed by atoms with Gasteiger partial charge < -0.3 is 15.7 Å². The Kier molecular flexibility index (Phi) is 5.84. The van der Waals surface area contributed by atoms with Crippen molar-refractivity contribution in [1.29, 1.82) is 0 Å². The Bertz CT molecular complexity index is 674. The van der Waals surface area contributed by atoms with Gasteiger partial charge in [0, 0.05) is 17.7 Å². The Hall–Kier alpha value is -2.23. The number of aliphatic hydroxyl groups excluding tert-OH is 1. The summed E-state index contributed by atoms with van der Waals surface area (Å²) >= 11 is 0. The summed E-state index contributed by atoms with van der Waals surface area (Å²) in [4.78, 5) is 23.7. The van der Waals surface area contributed by atoms with Crippen molar-refractivity contribution in [3.05, 3.63) is 35.4 Å². The van der Waals surface area contributed by atoms with Crippen LogP contribution in [0, 0.1) is 0 Å². The summed E-state index contributed by atoms with van der Waals surface area (Å²) in [6.45, 7) is -0.166. The van der Waals surface area contributed by atoms with E-state index in [1.807, 2.05) is 0 Å². The van der Waals surface area contributed by atoms with E-state index in [4.69, 9.17) is 0 Å². The minimum absolute atomic E-state index is 0.0116. The largest absolute Gasteiger partial charge is 0.392 e. The molecule has 2 rings (SSSR count). The fourth-order valence-corrected chi connectivity index (χ4v) is 2.31. The van der Waals surface area contributed by atoms with Crippen LogP contribution in [0.1, 0.15) is 41.6 Å². The van der Waals surface area contributed by atoms with Crippen molar-refractivity contribution in [2.24, 2.45) is 0 Å². The smallest absolute Gasteiger partial charge is 0.383 e. The van der Waals surface area contributed by atoms with Gasteiger partial charge in [0.05, 0.1) is 12.0 Å². The zero-order chi connectivity index (χ0) is 19.5. The second kappa shape index (κ2) is 7.56. The number of rotatable bonds is 7. The summed E-state index contributed by atoms with van der Waals surface area (Å²) in [5, 5.41) is 14.0. The van der Waals surface area contributed by atoms with E-state index in [1.54, 1.807) is 0 Å². The molecular formula is C16H17F5N2O3. The predicted molar refractivity (Wildman–Crippen MR) is 80.5 cm³/mol. The van der Waals surface area contributed by atoms with Crippen LogP contribution in [0.4, 0.5) is 22.0 Å². The SMILES string of the molecule is O=C(NC1(CNC(=O)C(O)CC(F)(F)F)CC1)c1cccc(C(F)F)c1. The molecule has 0 spiro atoms. The maximum atomic E-state index is 12.7. The van der Waals surface area contributed by atoms with Gasteiger partial charge in [-0.25, -0.2) is 8.78 Å². The molecule has 5 nitrogen and oxygen atoms in total. The number of aliphatic hydroxyl groups is 1. The molecule has 1 unspecified atom stereocenters. The van der Waals surface area contributed by atoms with Crippen molar-refractivity contribution in [3.8, 4) is 0 Å². The minimum Gasteiger partial charge on any atom is -0.383 e. The summed E-state index contributed by atoms with van der Waals surface area (Å²) in [6, 6.07) is 4.88. The summed E-state index contributed by atoms with van der Waals surface area (Å²) < 4.78 is 61.8. The minimum atomic E-state index is -4.68. The number of amides is 2. The molecule has 1 atom stereocenters. The first-order valence-corrected chi connectivity index (χ1v) is 7.74. The lowest BCUT2D eigenvalue weighted by Crippen LogP contribution is -2.48. The zero-order valence-corrected chi connectivity index (χ0v) is 13.4. The lowest BCUT2D eigenvalue weighted by Gasteiger charge is -2.20. The number of hydrogen-bond donors (Lipinski definition) is 3. The number of hydrogen-bond acceptors (Lipinski definition) is 3. The summed E-state index contributed by atoms with van der Waals surface area (Å²) in [5.74, 6) is -1.82. The summed E-state index contributed by atoms with van der Waals surface area (Å²) in [5.41, 5.74) is -1.16. The van der Waals surface area contributed by atoms with E-state index >= 15 is 0 Å². The van der Waals surface area contributed by atoms with Crippen molar-refractivity contribution in [1.82, 2.24) is 10.6 Å². The van der Waals surface area contributed by atoms with Crippen LogP contribution in [0.15, 0.2) is 24.3 Å². The van der Waals surface area contributed by atoms with Crippen LogP contribution in [0.3, 0.4) is 0 Å². The molecule has 0 aliphatic heterocycles. The Morgan fingerprint density at radius 3 is 2.42 bits per heavy atom. The average Bonchev–Trinajstić information content (AvgIpc) is 3.31. The first-order chi connectivity index (χ1) is 12.0. The van der Waals surface area contributed by atoms with Crippen LogP contribution in [-0.4, -0.2) is 41.3 Å². The van der Waals surface area contributed by atoms with E-state index in [0.29, 0.717) is 12.8 Å². The monoisotopic (exact) mass is 380 g/mol. The molecule has 26 heavy (non-hydrogen) atoms. The molecule has 3 N–H and O–H groups in total. The Morgan fingerprint density at radius 1 is 1.23 bits per heavy atom. The molecule has 0 aromatic heterocycles. The standard InChI is InChI=1S/C16H17F5N2O3/c17-12(18)9-2-1-3-10(6-9)13(25)23-15(4-5-15)8-22-14(26)11(24)7-16(19,20)21/h1-3,6,11-12,24H,4-5,7-8H2,(H,22,26)(H,23,25). The fourth-order valence-electron chi connectivity index (χ4n) is 2.31. The molecule has 1 aromatic carbocycles. The van der Waals surface area contributed by atoms with Crippen molar-refractivity contribution >= 4 is 11.8 Å². The second-order valence-corrected chi connectivity index (χ2v) is 6.21. The molecule has 0 bridgehead atoms. The van der Waals surface area contributed by atoms with Gasteiger partial charge >= 0.3 is 6.18 Å². The zero-order valence-electron chi connectivity index (χ0n) is 13.4. The van der Waals surface area contributed by atoms with Crippen LogP contribution < -0.4 is 10.6 Å². The molecule has 144 valence electrons. The number of carbonyl (C=O) groups excluding carboxylic acids is 2. The third-order valence-corrected chi connectivity index (χ3v) is 3.96. The van der Waals surface area contributed by atoms with E-state index in [0.717, 1.165) is 6.07 Å². The number of nitrogens with one attached hydrogen (secondary N) is 2. The maximum absolute atomic E-state index is 12.7. The van der Waals surface area contributed by atoms with Crippen molar-refractivity contribution < 1.29 is 36.6 Å². The Balaban J connectivity index is 1.90. The Morgan fingerprint density at radius 2 is 1.88 bits per heavy atom. The van der Waals surface area contributed by atoms with Gasteiger partial charge in [0.25, 0.3) is 12.3 Å².